The molecule has 0 fully saturated rings. The zero-order chi connectivity index (χ0) is 20.6. The topological polar surface area (TPSA) is 52.6 Å². The molecule has 0 radical (unpaired) electrons. The molecule has 0 bridgehead atoms. The van der Waals surface area contributed by atoms with Crippen LogP contribution in [0.5, 0.6) is 0 Å². The maximum Gasteiger partial charge on any atom is 0.339 e. The van der Waals surface area contributed by atoms with Gasteiger partial charge in [0.05, 0.1) is 17.7 Å². The molecule has 4 nitrogen and oxygen atoms in total. The molecule has 0 atom stereocenters. The van der Waals surface area contributed by atoms with Crippen LogP contribution >= 0.6 is 0 Å². The van der Waals surface area contributed by atoms with Crippen LogP contribution in [0.2, 0.25) is 0 Å². The Balaban J connectivity index is 2.52. The first kappa shape index (κ1) is 24.2. The summed E-state index contributed by atoms with van der Waals surface area (Å²) >= 11 is 0. The summed E-state index contributed by atoms with van der Waals surface area (Å²) < 4.78 is 11.1. The summed E-state index contributed by atoms with van der Waals surface area (Å²) in [5, 5.41) is 0. The van der Waals surface area contributed by atoms with Gasteiger partial charge in [0.15, 0.2) is 0 Å². The highest BCUT2D eigenvalue weighted by Crippen LogP contribution is 2.17. The Hall–Kier alpha value is -1.84. The molecule has 0 saturated heterocycles. The van der Waals surface area contributed by atoms with E-state index in [4.69, 9.17) is 9.47 Å². The fraction of sp³-hybridized carbons (Fsp3) is 0.667. The maximum absolute atomic E-state index is 12.6. The Bertz CT molecular complexity index is 561. The average molecular weight is 391 g/mol. The number of esters is 2. The number of ether oxygens (including phenoxy) is 2. The van der Waals surface area contributed by atoms with Gasteiger partial charge in [-0.2, -0.15) is 0 Å². The van der Waals surface area contributed by atoms with E-state index in [0.29, 0.717) is 17.7 Å². The van der Waals surface area contributed by atoms with Gasteiger partial charge in [-0.25, -0.2) is 9.59 Å². The maximum atomic E-state index is 12.6. The zero-order valence-electron chi connectivity index (χ0n) is 18.0. The molecular formula is C24H38O4. The molecule has 0 aliphatic heterocycles. The Morgan fingerprint density at radius 2 is 1.29 bits per heavy atom. The van der Waals surface area contributed by atoms with Gasteiger partial charge >= 0.3 is 11.9 Å². The van der Waals surface area contributed by atoms with E-state index in [0.717, 1.165) is 38.5 Å². The lowest BCUT2D eigenvalue weighted by molar-refractivity contribution is 0.0249. The van der Waals surface area contributed by atoms with Crippen molar-refractivity contribution in [3.63, 3.8) is 0 Å². The summed E-state index contributed by atoms with van der Waals surface area (Å²) in [5.74, 6) is -0.878. The molecule has 4 heteroatoms. The highest BCUT2D eigenvalue weighted by Gasteiger charge is 2.21. The second-order valence-electron chi connectivity index (χ2n) is 7.41. The molecule has 0 aromatic heterocycles. The van der Waals surface area contributed by atoms with E-state index in [1.165, 1.54) is 32.1 Å². The van der Waals surface area contributed by atoms with Gasteiger partial charge in [0, 0.05) is 0 Å². The minimum absolute atomic E-state index is 0.0979. The lowest BCUT2D eigenvalue weighted by Crippen LogP contribution is -2.20. The van der Waals surface area contributed by atoms with Crippen molar-refractivity contribution < 1.29 is 19.1 Å². The molecule has 1 aromatic rings. The Morgan fingerprint density at radius 3 is 1.86 bits per heavy atom. The number of carbonyl (C=O) groups excluding carboxylic acids is 2. The smallest absolute Gasteiger partial charge is 0.339 e. The van der Waals surface area contributed by atoms with Gasteiger partial charge in [-0.15, -0.1) is 0 Å². The number of rotatable bonds is 15. The third kappa shape index (κ3) is 9.38. The molecular weight excluding hydrogens is 352 g/mol. The van der Waals surface area contributed by atoms with Crippen molar-refractivity contribution in [2.75, 3.05) is 6.61 Å². The van der Waals surface area contributed by atoms with E-state index in [-0.39, 0.29) is 6.10 Å². The number of hydrogen-bond donors (Lipinski definition) is 0. The van der Waals surface area contributed by atoms with E-state index in [1.807, 2.05) is 0 Å². The fourth-order valence-electron chi connectivity index (χ4n) is 3.26. The van der Waals surface area contributed by atoms with E-state index < -0.39 is 11.9 Å². The largest absolute Gasteiger partial charge is 0.462 e. The number of hydrogen-bond acceptors (Lipinski definition) is 4. The SMILES string of the molecule is CCCCCCCCCOC(=O)c1ccccc1C(=O)OC(CCC)CCC. The van der Waals surface area contributed by atoms with E-state index in [9.17, 15) is 9.59 Å². The molecule has 0 aliphatic rings. The molecule has 0 spiro atoms. The summed E-state index contributed by atoms with van der Waals surface area (Å²) in [6.45, 7) is 6.75. The highest BCUT2D eigenvalue weighted by atomic mass is 16.5. The lowest BCUT2D eigenvalue weighted by atomic mass is 10.1. The molecule has 1 rings (SSSR count). The molecule has 0 N–H and O–H groups in total. The van der Waals surface area contributed by atoms with Crippen LogP contribution in [0.25, 0.3) is 0 Å². The van der Waals surface area contributed by atoms with Gasteiger partial charge in [-0.1, -0.05) is 84.3 Å². The number of unbranched alkanes of at least 4 members (excludes halogenated alkanes) is 6. The molecule has 0 aliphatic carbocycles. The van der Waals surface area contributed by atoms with Crippen molar-refractivity contribution in [3.8, 4) is 0 Å². The highest BCUT2D eigenvalue weighted by molar-refractivity contribution is 6.03. The molecule has 0 unspecified atom stereocenters. The second-order valence-corrected chi connectivity index (χ2v) is 7.41. The van der Waals surface area contributed by atoms with Crippen molar-refractivity contribution in [2.45, 2.75) is 97.5 Å². The average Bonchev–Trinajstić information content (AvgIpc) is 2.70. The van der Waals surface area contributed by atoms with Crippen molar-refractivity contribution >= 4 is 11.9 Å². The van der Waals surface area contributed by atoms with Gasteiger partial charge < -0.3 is 9.47 Å². The van der Waals surface area contributed by atoms with Gasteiger partial charge in [0.2, 0.25) is 0 Å². The van der Waals surface area contributed by atoms with Crippen molar-refractivity contribution in [3.05, 3.63) is 35.4 Å². The van der Waals surface area contributed by atoms with E-state index in [2.05, 4.69) is 20.8 Å². The predicted octanol–water partition coefficient (Wildman–Crippen LogP) is 6.72. The Labute approximate surface area is 171 Å². The Kier molecular flexibility index (Phi) is 13.1. The van der Waals surface area contributed by atoms with Crippen LogP contribution in [0.15, 0.2) is 24.3 Å². The van der Waals surface area contributed by atoms with Crippen LogP contribution < -0.4 is 0 Å². The van der Waals surface area contributed by atoms with E-state index in [1.54, 1.807) is 24.3 Å². The summed E-state index contributed by atoms with van der Waals surface area (Å²) in [5.41, 5.74) is 0.589. The van der Waals surface area contributed by atoms with Crippen LogP contribution in [0.1, 0.15) is 112 Å². The first-order valence-corrected chi connectivity index (χ1v) is 11.1. The number of benzene rings is 1. The first-order chi connectivity index (χ1) is 13.6. The second kappa shape index (κ2) is 15.1. The summed E-state index contributed by atoms with van der Waals surface area (Å²) in [6, 6.07) is 6.77. The predicted molar refractivity (Wildman–Crippen MR) is 114 cm³/mol. The molecule has 0 heterocycles. The standard InChI is InChI=1S/C24H38O4/c1-4-7-8-9-10-11-14-19-27-23(25)21-17-12-13-18-22(21)24(26)28-20(15-5-2)16-6-3/h12-13,17-18,20H,4-11,14-16,19H2,1-3H3. The summed E-state index contributed by atoms with van der Waals surface area (Å²) in [4.78, 5) is 25.1. The lowest BCUT2D eigenvalue weighted by Gasteiger charge is -2.17. The van der Waals surface area contributed by atoms with E-state index >= 15 is 0 Å². The van der Waals surface area contributed by atoms with Crippen LogP contribution in [0.4, 0.5) is 0 Å². The van der Waals surface area contributed by atoms with Gasteiger partial charge in [0.1, 0.15) is 6.10 Å². The minimum atomic E-state index is -0.443. The van der Waals surface area contributed by atoms with Crippen LogP contribution in [0, 0.1) is 0 Å². The fourth-order valence-corrected chi connectivity index (χ4v) is 3.26. The van der Waals surface area contributed by atoms with Crippen molar-refractivity contribution in [1.82, 2.24) is 0 Å². The number of carbonyl (C=O) groups is 2. The summed E-state index contributed by atoms with van der Waals surface area (Å²) in [7, 11) is 0. The third-order valence-electron chi connectivity index (χ3n) is 4.84. The molecule has 0 saturated carbocycles. The summed E-state index contributed by atoms with van der Waals surface area (Å²) in [6.07, 6.45) is 11.7. The normalized spacial score (nSPS) is 10.9. The van der Waals surface area contributed by atoms with Crippen molar-refractivity contribution in [2.24, 2.45) is 0 Å². The zero-order valence-corrected chi connectivity index (χ0v) is 18.0. The quantitative estimate of drug-likeness (QED) is 0.246. The molecule has 1 aromatic carbocycles. The molecule has 158 valence electrons. The molecule has 28 heavy (non-hydrogen) atoms. The van der Waals surface area contributed by atoms with Crippen LogP contribution in [0.3, 0.4) is 0 Å². The Morgan fingerprint density at radius 1 is 0.750 bits per heavy atom. The van der Waals surface area contributed by atoms with Gasteiger partial charge in [0.25, 0.3) is 0 Å². The first-order valence-electron chi connectivity index (χ1n) is 11.1. The van der Waals surface area contributed by atoms with Gasteiger partial charge in [-0.05, 0) is 31.4 Å². The van der Waals surface area contributed by atoms with Gasteiger partial charge in [-0.3, -0.25) is 0 Å². The third-order valence-corrected chi connectivity index (χ3v) is 4.84. The minimum Gasteiger partial charge on any atom is -0.462 e. The van der Waals surface area contributed by atoms with Crippen LogP contribution in [-0.2, 0) is 9.47 Å². The van der Waals surface area contributed by atoms with Crippen LogP contribution in [-0.4, -0.2) is 24.6 Å². The van der Waals surface area contributed by atoms with Crippen molar-refractivity contribution in [1.29, 1.82) is 0 Å². The monoisotopic (exact) mass is 390 g/mol. The molecule has 0 amide bonds.